The number of hydrogen-bond donors (Lipinski definition) is 0. The Morgan fingerprint density at radius 3 is 2.85 bits per heavy atom. The quantitative estimate of drug-likeness (QED) is 0.836. The van der Waals surface area contributed by atoms with Gasteiger partial charge in [0.25, 0.3) is 0 Å². The van der Waals surface area contributed by atoms with Crippen molar-refractivity contribution < 1.29 is 4.79 Å². The number of ketones is 1. The number of carbonyl (C=O) groups excluding carboxylic acids is 1. The van der Waals surface area contributed by atoms with E-state index in [1.807, 2.05) is 38.1 Å². The lowest BCUT2D eigenvalue weighted by molar-refractivity contribution is 0.0984. The van der Waals surface area contributed by atoms with E-state index in [1.165, 1.54) is 0 Å². The van der Waals surface area contributed by atoms with Crippen molar-refractivity contribution in [2.24, 2.45) is 5.41 Å². The van der Waals surface area contributed by atoms with E-state index in [9.17, 15) is 4.79 Å². The van der Waals surface area contributed by atoms with E-state index >= 15 is 0 Å². The first kappa shape index (κ1) is 14.6. The van der Waals surface area contributed by atoms with Gasteiger partial charge in [-0.2, -0.15) is 5.26 Å². The number of carbonyl (C=O) groups is 1. The van der Waals surface area contributed by atoms with E-state index in [0.29, 0.717) is 6.42 Å². The zero-order valence-electron chi connectivity index (χ0n) is 12.4. The molecule has 2 rings (SSSR count). The minimum absolute atomic E-state index is 0.250. The number of nitrogens with zero attached hydrogens (tertiary/aromatic N) is 2. The fourth-order valence-corrected chi connectivity index (χ4v) is 2.67. The first-order chi connectivity index (χ1) is 9.53. The molecule has 3 heteroatoms. The van der Waals surface area contributed by atoms with Gasteiger partial charge in [0.15, 0.2) is 5.78 Å². The third kappa shape index (κ3) is 3.39. The lowest BCUT2D eigenvalue weighted by atomic mass is 9.90. The summed E-state index contributed by atoms with van der Waals surface area (Å²) in [6, 6.07) is 10.2. The van der Waals surface area contributed by atoms with Gasteiger partial charge in [0.2, 0.25) is 0 Å². The lowest BCUT2D eigenvalue weighted by Gasteiger charge is -2.25. The Morgan fingerprint density at radius 1 is 1.35 bits per heavy atom. The molecule has 1 aromatic rings. The molecule has 1 heterocycles. The minimum Gasteiger partial charge on any atom is -0.371 e. The monoisotopic (exact) mass is 270 g/mol. The third-order valence-corrected chi connectivity index (χ3v) is 3.91. The molecule has 0 N–H and O–H groups in total. The van der Waals surface area contributed by atoms with Crippen LogP contribution >= 0.6 is 0 Å². The van der Waals surface area contributed by atoms with Gasteiger partial charge in [-0.1, -0.05) is 12.1 Å². The molecule has 0 fully saturated rings. The molecule has 1 aliphatic heterocycles. The molecule has 1 aliphatic rings. The van der Waals surface area contributed by atoms with Gasteiger partial charge in [-0.3, -0.25) is 4.79 Å². The van der Waals surface area contributed by atoms with Crippen molar-refractivity contribution >= 4 is 11.5 Å². The Morgan fingerprint density at radius 2 is 2.10 bits per heavy atom. The Kier molecular flexibility index (Phi) is 4.44. The van der Waals surface area contributed by atoms with E-state index in [0.717, 1.165) is 43.6 Å². The van der Waals surface area contributed by atoms with Gasteiger partial charge in [0, 0.05) is 30.8 Å². The molecule has 0 bridgehead atoms. The molecule has 0 unspecified atom stereocenters. The van der Waals surface area contributed by atoms with Crippen molar-refractivity contribution in [2.75, 3.05) is 18.0 Å². The molecular weight excluding hydrogens is 248 g/mol. The first-order valence-corrected chi connectivity index (χ1v) is 7.32. The highest BCUT2D eigenvalue weighted by Gasteiger charge is 2.21. The highest BCUT2D eigenvalue weighted by molar-refractivity contribution is 6.01. The van der Waals surface area contributed by atoms with E-state index in [-0.39, 0.29) is 11.2 Å². The predicted molar refractivity (Wildman–Crippen MR) is 80.8 cm³/mol. The van der Waals surface area contributed by atoms with Crippen molar-refractivity contribution in [3.8, 4) is 6.07 Å². The maximum absolute atomic E-state index is 12.1. The maximum Gasteiger partial charge on any atom is 0.165 e. The number of anilines is 1. The molecule has 0 amide bonds. The van der Waals surface area contributed by atoms with Crippen LogP contribution < -0.4 is 4.90 Å². The number of nitriles is 1. The summed E-state index contributed by atoms with van der Waals surface area (Å²) in [7, 11) is 0. The molecular formula is C17H22N2O. The van der Waals surface area contributed by atoms with Crippen molar-refractivity contribution in [2.45, 2.75) is 39.5 Å². The minimum atomic E-state index is -0.263. The molecule has 0 spiro atoms. The van der Waals surface area contributed by atoms with E-state index in [2.05, 4.69) is 11.0 Å². The highest BCUT2D eigenvalue weighted by atomic mass is 16.1. The molecule has 0 aliphatic carbocycles. The second-order valence-corrected chi connectivity index (χ2v) is 6.13. The Hall–Kier alpha value is -1.82. The summed E-state index contributed by atoms with van der Waals surface area (Å²) in [5, 5.41) is 9.06. The van der Waals surface area contributed by atoms with Crippen LogP contribution in [-0.4, -0.2) is 18.9 Å². The number of para-hydroxylation sites is 1. The molecule has 1 aromatic carbocycles. The van der Waals surface area contributed by atoms with Crippen molar-refractivity contribution in [3.63, 3.8) is 0 Å². The lowest BCUT2D eigenvalue weighted by Crippen LogP contribution is -2.26. The Balaban J connectivity index is 2.07. The van der Waals surface area contributed by atoms with Gasteiger partial charge >= 0.3 is 0 Å². The molecule has 3 nitrogen and oxygen atoms in total. The normalized spacial score (nSPS) is 15.4. The zero-order chi connectivity index (χ0) is 14.6. The van der Waals surface area contributed by atoms with Gasteiger partial charge < -0.3 is 4.90 Å². The van der Waals surface area contributed by atoms with Gasteiger partial charge in [0.1, 0.15) is 0 Å². The SMILES string of the molecule is CC(C)(C#N)CCCN1CCCC(=O)c2ccccc21. The average molecular weight is 270 g/mol. The maximum atomic E-state index is 12.1. The molecule has 0 radical (unpaired) electrons. The van der Waals surface area contributed by atoms with Gasteiger partial charge in [-0.25, -0.2) is 0 Å². The average Bonchev–Trinajstić information content (AvgIpc) is 2.60. The second-order valence-electron chi connectivity index (χ2n) is 6.13. The van der Waals surface area contributed by atoms with Crippen molar-refractivity contribution in [1.29, 1.82) is 5.26 Å². The molecule has 0 aromatic heterocycles. The number of rotatable bonds is 4. The van der Waals surface area contributed by atoms with E-state index in [1.54, 1.807) is 0 Å². The summed E-state index contributed by atoms with van der Waals surface area (Å²) in [5.41, 5.74) is 1.65. The fraction of sp³-hybridized carbons (Fsp3) is 0.529. The third-order valence-electron chi connectivity index (χ3n) is 3.91. The highest BCUT2D eigenvalue weighted by Crippen LogP contribution is 2.27. The topological polar surface area (TPSA) is 44.1 Å². The van der Waals surface area contributed by atoms with Crippen LogP contribution in [-0.2, 0) is 0 Å². The Labute approximate surface area is 121 Å². The number of fused-ring (bicyclic) bond motifs is 1. The van der Waals surface area contributed by atoms with Gasteiger partial charge in [-0.15, -0.1) is 0 Å². The summed E-state index contributed by atoms with van der Waals surface area (Å²) in [6.07, 6.45) is 3.41. The largest absolute Gasteiger partial charge is 0.371 e. The summed E-state index contributed by atoms with van der Waals surface area (Å²) in [4.78, 5) is 14.4. The number of hydrogen-bond acceptors (Lipinski definition) is 3. The summed E-state index contributed by atoms with van der Waals surface area (Å²) in [6.45, 7) is 5.80. The summed E-state index contributed by atoms with van der Waals surface area (Å²) >= 11 is 0. The van der Waals surface area contributed by atoms with Crippen molar-refractivity contribution in [3.05, 3.63) is 29.8 Å². The standard InChI is InChI=1S/C17H22N2O/c1-17(2,13-18)10-6-12-19-11-5-9-16(20)14-7-3-4-8-15(14)19/h3-4,7-8H,5-6,9-12H2,1-2H3. The van der Waals surface area contributed by atoms with Crippen LogP contribution in [0.1, 0.15) is 49.9 Å². The zero-order valence-corrected chi connectivity index (χ0v) is 12.4. The van der Waals surface area contributed by atoms with Crippen LogP contribution in [0.25, 0.3) is 0 Å². The summed E-state index contributed by atoms with van der Waals surface area (Å²) in [5.74, 6) is 0.250. The van der Waals surface area contributed by atoms with E-state index in [4.69, 9.17) is 5.26 Å². The molecule has 0 saturated carbocycles. The molecule has 0 atom stereocenters. The molecule has 0 saturated heterocycles. The van der Waals surface area contributed by atoms with Crippen LogP contribution in [0.2, 0.25) is 0 Å². The summed E-state index contributed by atoms with van der Waals surface area (Å²) < 4.78 is 0. The number of Topliss-reactive ketones (excluding diaryl/α,β-unsaturated/α-hetero) is 1. The van der Waals surface area contributed by atoms with Crippen LogP contribution in [0, 0.1) is 16.7 Å². The van der Waals surface area contributed by atoms with Gasteiger partial charge in [-0.05, 0) is 45.2 Å². The van der Waals surface area contributed by atoms with Crippen LogP contribution in [0.5, 0.6) is 0 Å². The molecule has 20 heavy (non-hydrogen) atoms. The van der Waals surface area contributed by atoms with E-state index < -0.39 is 0 Å². The molecule has 106 valence electrons. The van der Waals surface area contributed by atoms with Crippen LogP contribution in [0.4, 0.5) is 5.69 Å². The number of benzene rings is 1. The second kappa shape index (κ2) is 6.09. The fourth-order valence-electron chi connectivity index (χ4n) is 2.67. The predicted octanol–water partition coefficient (Wildman–Crippen LogP) is 3.80. The van der Waals surface area contributed by atoms with Crippen molar-refractivity contribution in [1.82, 2.24) is 0 Å². The smallest absolute Gasteiger partial charge is 0.165 e. The van der Waals surface area contributed by atoms with Gasteiger partial charge in [0.05, 0.1) is 11.5 Å². The van der Waals surface area contributed by atoms with Crippen LogP contribution in [0.15, 0.2) is 24.3 Å². The Bertz CT molecular complexity index is 528. The first-order valence-electron chi connectivity index (χ1n) is 7.32. The van der Waals surface area contributed by atoms with Crippen LogP contribution in [0.3, 0.4) is 0 Å².